The number of carbonyl (C=O) groups excluding carboxylic acids is 2. The highest BCUT2D eigenvalue weighted by molar-refractivity contribution is 6.34. The first-order chi connectivity index (χ1) is 10.7. The number of anilines is 1. The summed E-state index contributed by atoms with van der Waals surface area (Å²) in [7, 11) is 0. The number of rotatable bonds is 2. The summed E-state index contributed by atoms with van der Waals surface area (Å²) < 4.78 is 0. The first-order valence-corrected chi connectivity index (χ1v) is 7.15. The number of fused-ring (bicyclic) bond motifs is 2. The zero-order chi connectivity index (χ0) is 15.3. The van der Waals surface area contributed by atoms with Crippen molar-refractivity contribution in [2.75, 3.05) is 4.90 Å². The van der Waals surface area contributed by atoms with E-state index in [0.717, 1.165) is 23.3 Å². The van der Waals surface area contributed by atoms with Gasteiger partial charge in [0.05, 0.1) is 27.8 Å². The van der Waals surface area contributed by atoms with Crippen LogP contribution in [0, 0.1) is 0 Å². The van der Waals surface area contributed by atoms with Gasteiger partial charge >= 0.3 is 0 Å². The molecule has 2 heterocycles. The van der Waals surface area contributed by atoms with Crippen molar-refractivity contribution in [1.29, 1.82) is 0 Å². The van der Waals surface area contributed by atoms with Crippen molar-refractivity contribution in [2.24, 2.45) is 0 Å². The van der Waals surface area contributed by atoms with Crippen molar-refractivity contribution in [3.8, 4) is 0 Å². The molecule has 0 radical (unpaired) electrons. The molecule has 108 valence electrons. The van der Waals surface area contributed by atoms with E-state index in [4.69, 9.17) is 0 Å². The van der Waals surface area contributed by atoms with Crippen LogP contribution in [-0.4, -0.2) is 21.8 Å². The second-order valence-corrected chi connectivity index (χ2v) is 5.23. The Labute approximate surface area is 126 Å². The fourth-order valence-electron chi connectivity index (χ4n) is 2.78. The lowest BCUT2D eigenvalue weighted by Crippen LogP contribution is -2.29. The number of nitrogens with zero attached hydrogens (tertiary/aromatic N) is 2. The summed E-state index contributed by atoms with van der Waals surface area (Å²) in [5, 5.41) is 0. The number of nitrogens with one attached hydrogen (secondary N) is 1. The number of hydrogen-bond donors (Lipinski definition) is 1. The minimum atomic E-state index is -0.282. The Bertz CT molecular complexity index is 892. The maximum Gasteiger partial charge on any atom is 0.266 e. The van der Waals surface area contributed by atoms with Crippen molar-refractivity contribution in [3.05, 3.63) is 59.4 Å². The van der Waals surface area contributed by atoms with E-state index in [-0.39, 0.29) is 11.8 Å². The Morgan fingerprint density at radius 2 is 1.73 bits per heavy atom. The summed E-state index contributed by atoms with van der Waals surface area (Å²) in [5.41, 5.74) is 3.12. The first-order valence-electron chi connectivity index (χ1n) is 7.15. The van der Waals surface area contributed by atoms with Gasteiger partial charge in [0.25, 0.3) is 11.8 Å². The van der Waals surface area contributed by atoms with E-state index in [2.05, 4.69) is 9.97 Å². The monoisotopic (exact) mass is 291 g/mol. The molecule has 2 aromatic carbocycles. The van der Waals surface area contributed by atoms with Crippen LogP contribution in [0.2, 0.25) is 0 Å². The van der Waals surface area contributed by atoms with Crippen LogP contribution in [0.5, 0.6) is 0 Å². The van der Waals surface area contributed by atoms with E-state index in [9.17, 15) is 9.59 Å². The SMILES string of the molecule is CCc1nc2ccc(N3C(=O)c4ccccc4C3=O)cc2[nH]1. The van der Waals surface area contributed by atoms with Gasteiger partial charge in [-0.25, -0.2) is 9.88 Å². The van der Waals surface area contributed by atoms with Crippen LogP contribution in [-0.2, 0) is 6.42 Å². The van der Waals surface area contributed by atoms with Gasteiger partial charge in [-0.2, -0.15) is 0 Å². The summed E-state index contributed by atoms with van der Waals surface area (Å²) in [6.07, 6.45) is 0.803. The molecule has 0 fully saturated rings. The summed E-state index contributed by atoms with van der Waals surface area (Å²) in [6, 6.07) is 12.3. The van der Waals surface area contributed by atoms with Crippen LogP contribution < -0.4 is 4.90 Å². The van der Waals surface area contributed by atoms with Crippen molar-refractivity contribution >= 4 is 28.5 Å². The van der Waals surface area contributed by atoms with E-state index in [0.29, 0.717) is 16.8 Å². The molecule has 0 unspecified atom stereocenters. The van der Waals surface area contributed by atoms with Crippen LogP contribution in [0.15, 0.2) is 42.5 Å². The van der Waals surface area contributed by atoms with Gasteiger partial charge in [-0.3, -0.25) is 9.59 Å². The molecule has 5 heteroatoms. The van der Waals surface area contributed by atoms with Crippen LogP contribution in [0.25, 0.3) is 11.0 Å². The second-order valence-electron chi connectivity index (χ2n) is 5.23. The van der Waals surface area contributed by atoms with E-state index >= 15 is 0 Å². The summed E-state index contributed by atoms with van der Waals surface area (Å²) in [4.78, 5) is 33.8. The number of imidazole rings is 1. The molecule has 0 saturated carbocycles. The average Bonchev–Trinajstić information content (AvgIpc) is 3.07. The quantitative estimate of drug-likeness (QED) is 0.738. The van der Waals surface area contributed by atoms with Gasteiger partial charge in [0.15, 0.2) is 0 Å². The number of aromatic amines is 1. The van der Waals surface area contributed by atoms with Gasteiger partial charge in [-0.05, 0) is 30.3 Å². The molecule has 1 aliphatic rings. The van der Waals surface area contributed by atoms with Gasteiger partial charge in [-0.1, -0.05) is 19.1 Å². The summed E-state index contributed by atoms with van der Waals surface area (Å²) >= 11 is 0. The molecule has 4 rings (SSSR count). The number of carbonyl (C=O) groups is 2. The number of aromatic nitrogens is 2. The molecular weight excluding hydrogens is 278 g/mol. The Balaban J connectivity index is 1.82. The maximum atomic E-state index is 12.5. The number of hydrogen-bond acceptors (Lipinski definition) is 3. The first kappa shape index (κ1) is 12.8. The van der Waals surface area contributed by atoms with Gasteiger partial charge in [0, 0.05) is 6.42 Å². The molecule has 0 aliphatic carbocycles. The van der Waals surface area contributed by atoms with E-state index in [1.54, 1.807) is 36.4 Å². The lowest BCUT2D eigenvalue weighted by Gasteiger charge is -2.13. The molecule has 22 heavy (non-hydrogen) atoms. The Morgan fingerprint density at radius 3 is 2.36 bits per heavy atom. The molecule has 0 bridgehead atoms. The molecular formula is C17H13N3O2. The Hall–Kier alpha value is -2.95. The lowest BCUT2D eigenvalue weighted by atomic mass is 10.1. The van der Waals surface area contributed by atoms with Crippen LogP contribution >= 0.6 is 0 Å². The van der Waals surface area contributed by atoms with Crippen LogP contribution in [0.4, 0.5) is 5.69 Å². The van der Waals surface area contributed by atoms with E-state index < -0.39 is 0 Å². The number of aryl methyl sites for hydroxylation is 1. The van der Waals surface area contributed by atoms with Crippen LogP contribution in [0.3, 0.4) is 0 Å². The normalized spacial score (nSPS) is 14.0. The highest BCUT2D eigenvalue weighted by Gasteiger charge is 2.36. The fourth-order valence-corrected chi connectivity index (χ4v) is 2.78. The highest BCUT2D eigenvalue weighted by Crippen LogP contribution is 2.29. The highest BCUT2D eigenvalue weighted by atomic mass is 16.2. The summed E-state index contributed by atoms with van der Waals surface area (Å²) in [6.45, 7) is 2.02. The topological polar surface area (TPSA) is 66.1 Å². The third-order valence-electron chi connectivity index (χ3n) is 3.90. The Morgan fingerprint density at radius 1 is 1.05 bits per heavy atom. The third-order valence-corrected chi connectivity index (χ3v) is 3.90. The molecule has 0 saturated heterocycles. The number of H-pyrrole nitrogens is 1. The predicted octanol–water partition coefficient (Wildman–Crippen LogP) is 2.93. The zero-order valence-corrected chi connectivity index (χ0v) is 12.0. The minimum absolute atomic E-state index is 0.282. The second kappa shape index (κ2) is 4.53. The molecule has 5 nitrogen and oxygen atoms in total. The van der Waals surface area contributed by atoms with Gasteiger partial charge in [0.2, 0.25) is 0 Å². The standard InChI is InChI=1S/C17H13N3O2/c1-2-15-18-13-8-7-10(9-14(13)19-15)20-16(21)11-5-3-4-6-12(11)17(20)22/h3-9H,2H2,1H3,(H,18,19). The largest absolute Gasteiger partial charge is 0.342 e. The molecule has 2 amide bonds. The average molecular weight is 291 g/mol. The number of amides is 2. The van der Waals surface area contributed by atoms with Crippen molar-refractivity contribution in [3.63, 3.8) is 0 Å². The Kier molecular flexibility index (Phi) is 2.63. The van der Waals surface area contributed by atoms with Crippen molar-refractivity contribution in [2.45, 2.75) is 13.3 Å². The molecule has 1 aromatic heterocycles. The molecule has 0 atom stereocenters. The van der Waals surface area contributed by atoms with Crippen LogP contribution in [0.1, 0.15) is 33.5 Å². The van der Waals surface area contributed by atoms with E-state index in [1.165, 1.54) is 4.90 Å². The fraction of sp³-hybridized carbons (Fsp3) is 0.118. The summed E-state index contributed by atoms with van der Waals surface area (Å²) in [5.74, 6) is 0.319. The van der Waals surface area contributed by atoms with Gasteiger partial charge < -0.3 is 4.98 Å². The maximum absolute atomic E-state index is 12.5. The predicted molar refractivity (Wildman–Crippen MR) is 83.1 cm³/mol. The lowest BCUT2D eigenvalue weighted by molar-refractivity contribution is 0.0926. The van der Waals surface area contributed by atoms with Gasteiger partial charge in [0.1, 0.15) is 5.82 Å². The minimum Gasteiger partial charge on any atom is -0.342 e. The molecule has 1 N–H and O–H groups in total. The third kappa shape index (κ3) is 1.69. The van der Waals surface area contributed by atoms with Gasteiger partial charge in [-0.15, -0.1) is 0 Å². The van der Waals surface area contributed by atoms with Crippen molar-refractivity contribution < 1.29 is 9.59 Å². The number of imide groups is 1. The number of benzene rings is 2. The van der Waals surface area contributed by atoms with Crippen molar-refractivity contribution in [1.82, 2.24) is 9.97 Å². The molecule has 1 aliphatic heterocycles. The molecule has 3 aromatic rings. The zero-order valence-electron chi connectivity index (χ0n) is 12.0. The van der Waals surface area contributed by atoms with E-state index in [1.807, 2.05) is 13.0 Å². The molecule has 0 spiro atoms. The smallest absolute Gasteiger partial charge is 0.266 e.